The fourth-order valence-corrected chi connectivity index (χ4v) is 4.18. The lowest BCUT2D eigenvalue weighted by molar-refractivity contribution is 0.599. The molecule has 1 saturated heterocycles. The molecule has 1 heterocycles. The van der Waals surface area contributed by atoms with Crippen LogP contribution in [0.4, 0.5) is 11.4 Å². The molecule has 0 aliphatic carbocycles. The van der Waals surface area contributed by atoms with E-state index < -0.39 is 20.0 Å². The van der Waals surface area contributed by atoms with Gasteiger partial charge in [-0.3, -0.25) is 9.03 Å². The van der Waals surface area contributed by atoms with Gasteiger partial charge in [0.05, 0.1) is 23.4 Å². The third kappa shape index (κ3) is 3.19. The van der Waals surface area contributed by atoms with Gasteiger partial charge >= 0.3 is 0 Å². The maximum Gasteiger partial charge on any atom is 0.235 e. The first kappa shape index (κ1) is 14.1. The number of nitrogens with zero attached hydrogens (tertiary/aromatic N) is 1. The maximum atomic E-state index is 11.8. The SMILES string of the molecule is Cc1ccc(N2CCCS2(=O)=O)cc1NS(C)(=O)=O. The summed E-state index contributed by atoms with van der Waals surface area (Å²) in [5.74, 6) is 0.135. The lowest BCUT2D eigenvalue weighted by atomic mass is 10.2. The molecule has 0 radical (unpaired) electrons. The molecule has 1 N–H and O–H groups in total. The minimum atomic E-state index is -3.39. The average molecular weight is 304 g/mol. The van der Waals surface area contributed by atoms with Crippen LogP contribution >= 0.6 is 0 Å². The van der Waals surface area contributed by atoms with Crippen LogP contribution in [-0.4, -0.2) is 35.4 Å². The molecule has 2 rings (SSSR count). The fraction of sp³-hybridized carbons (Fsp3) is 0.455. The van der Waals surface area contributed by atoms with Crippen LogP contribution in [0.5, 0.6) is 0 Å². The van der Waals surface area contributed by atoms with Gasteiger partial charge in [-0.1, -0.05) is 6.07 Å². The molecule has 0 atom stereocenters. The highest BCUT2D eigenvalue weighted by Crippen LogP contribution is 2.28. The molecular formula is C11H16N2O4S2. The zero-order chi connectivity index (χ0) is 14.3. The maximum absolute atomic E-state index is 11.8. The molecule has 8 heteroatoms. The molecular weight excluding hydrogens is 288 g/mol. The Balaban J connectivity index is 2.42. The van der Waals surface area contributed by atoms with E-state index in [9.17, 15) is 16.8 Å². The first-order valence-electron chi connectivity index (χ1n) is 5.78. The van der Waals surface area contributed by atoms with E-state index in [4.69, 9.17) is 0 Å². The topological polar surface area (TPSA) is 83.6 Å². The Kier molecular flexibility index (Phi) is 3.48. The van der Waals surface area contributed by atoms with Crippen molar-refractivity contribution < 1.29 is 16.8 Å². The van der Waals surface area contributed by atoms with Crippen molar-refractivity contribution in [3.05, 3.63) is 23.8 Å². The van der Waals surface area contributed by atoms with E-state index in [0.717, 1.165) is 11.8 Å². The zero-order valence-electron chi connectivity index (χ0n) is 10.8. The van der Waals surface area contributed by atoms with Gasteiger partial charge in [-0.05, 0) is 31.0 Å². The average Bonchev–Trinajstić information content (AvgIpc) is 2.59. The Morgan fingerprint density at radius 1 is 1.32 bits per heavy atom. The van der Waals surface area contributed by atoms with Gasteiger partial charge in [-0.15, -0.1) is 0 Å². The number of anilines is 2. The minimum Gasteiger partial charge on any atom is -0.283 e. The van der Waals surface area contributed by atoms with Crippen molar-refractivity contribution in [2.75, 3.05) is 27.6 Å². The van der Waals surface area contributed by atoms with Gasteiger partial charge in [-0.2, -0.15) is 0 Å². The Morgan fingerprint density at radius 2 is 2.00 bits per heavy atom. The largest absolute Gasteiger partial charge is 0.283 e. The molecule has 0 spiro atoms. The van der Waals surface area contributed by atoms with E-state index in [0.29, 0.717) is 24.3 Å². The normalized spacial score (nSPS) is 18.5. The van der Waals surface area contributed by atoms with Crippen LogP contribution in [0.15, 0.2) is 18.2 Å². The van der Waals surface area contributed by atoms with Gasteiger partial charge in [-0.25, -0.2) is 16.8 Å². The predicted octanol–water partition coefficient (Wildman–Crippen LogP) is 0.906. The van der Waals surface area contributed by atoms with Crippen LogP contribution in [0, 0.1) is 6.92 Å². The molecule has 1 fully saturated rings. The fourth-order valence-electron chi connectivity index (χ4n) is 2.00. The van der Waals surface area contributed by atoms with Crippen molar-refractivity contribution >= 4 is 31.4 Å². The summed E-state index contributed by atoms with van der Waals surface area (Å²) in [7, 11) is -6.64. The molecule has 106 valence electrons. The van der Waals surface area contributed by atoms with Crippen LogP contribution < -0.4 is 9.03 Å². The summed E-state index contributed by atoms with van der Waals surface area (Å²) in [6.45, 7) is 2.19. The number of sulfonamides is 2. The van der Waals surface area contributed by atoms with Crippen molar-refractivity contribution in [2.24, 2.45) is 0 Å². The van der Waals surface area contributed by atoms with Gasteiger partial charge in [0, 0.05) is 6.54 Å². The van der Waals surface area contributed by atoms with Crippen LogP contribution in [0.1, 0.15) is 12.0 Å². The Morgan fingerprint density at radius 3 is 2.53 bits per heavy atom. The van der Waals surface area contributed by atoms with Crippen LogP contribution in [0.3, 0.4) is 0 Å². The lowest BCUT2D eigenvalue weighted by Gasteiger charge is -2.18. The summed E-state index contributed by atoms with van der Waals surface area (Å²) >= 11 is 0. The summed E-state index contributed by atoms with van der Waals surface area (Å²) in [6, 6.07) is 4.95. The summed E-state index contributed by atoms with van der Waals surface area (Å²) in [5.41, 5.74) is 1.64. The highest BCUT2D eigenvalue weighted by atomic mass is 32.2. The summed E-state index contributed by atoms with van der Waals surface area (Å²) in [4.78, 5) is 0. The van der Waals surface area contributed by atoms with Crippen molar-refractivity contribution in [3.8, 4) is 0 Å². The molecule has 6 nitrogen and oxygen atoms in total. The molecule has 1 aliphatic rings. The van der Waals surface area contributed by atoms with E-state index in [-0.39, 0.29) is 5.75 Å². The zero-order valence-corrected chi connectivity index (χ0v) is 12.4. The van der Waals surface area contributed by atoms with Gasteiger partial charge in [0.2, 0.25) is 20.0 Å². The molecule has 0 bridgehead atoms. The third-order valence-corrected chi connectivity index (χ3v) is 5.36. The summed E-state index contributed by atoms with van der Waals surface area (Å²) < 4.78 is 49.9. The Bertz CT molecular complexity index is 695. The molecule has 1 aromatic rings. The van der Waals surface area contributed by atoms with Crippen LogP contribution in [-0.2, 0) is 20.0 Å². The Hall–Kier alpha value is -1.28. The summed E-state index contributed by atoms with van der Waals surface area (Å²) in [5, 5.41) is 0. The number of hydrogen-bond acceptors (Lipinski definition) is 4. The second kappa shape index (κ2) is 4.68. The first-order valence-corrected chi connectivity index (χ1v) is 9.28. The molecule has 0 amide bonds. The van der Waals surface area contributed by atoms with E-state index in [1.165, 1.54) is 4.31 Å². The third-order valence-electron chi connectivity index (χ3n) is 2.90. The van der Waals surface area contributed by atoms with Crippen LogP contribution in [0.2, 0.25) is 0 Å². The van der Waals surface area contributed by atoms with Crippen molar-refractivity contribution in [1.29, 1.82) is 0 Å². The molecule has 19 heavy (non-hydrogen) atoms. The summed E-state index contributed by atoms with van der Waals surface area (Å²) in [6.07, 6.45) is 1.65. The molecule has 1 aromatic carbocycles. The number of aryl methyl sites for hydroxylation is 1. The molecule has 0 unspecified atom stereocenters. The van der Waals surface area contributed by atoms with Gasteiger partial charge in [0.25, 0.3) is 0 Å². The second-order valence-electron chi connectivity index (χ2n) is 4.62. The Labute approximate surface area is 113 Å². The smallest absolute Gasteiger partial charge is 0.235 e. The molecule has 1 aliphatic heterocycles. The van der Waals surface area contributed by atoms with E-state index in [2.05, 4.69) is 4.72 Å². The van der Waals surface area contributed by atoms with Gasteiger partial charge in [0.15, 0.2) is 0 Å². The number of benzene rings is 1. The highest BCUT2D eigenvalue weighted by Gasteiger charge is 2.28. The van der Waals surface area contributed by atoms with E-state index >= 15 is 0 Å². The number of rotatable bonds is 3. The second-order valence-corrected chi connectivity index (χ2v) is 8.38. The quantitative estimate of drug-likeness (QED) is 0.899. The highest BCUT2D eigenvalue weighted by molar-refractivity contribution is 7.93. The van der Waals surface area contributed by atoms with E-state index in [1.54, 1.807) is 25.1 Å². The predicted molar refractivity (Wildman–Crippen MR) is 75.4 cm³/mol. The number of nitrogens with one attached hydrogen (secondary N) is 1. The molecule has 0 aromatic heterocycles. The first-order chi connectivity index (χ1) is 8.69. The minimum absolute atomic E-state index is 0.135. The van der Waals surface area contributed by atoms with Crippen molar-refractivity contribution in [2.45, 2.75) is 13.3 Å². The molecule has 0 saturated carbocycles. The number of hydrogen-bond donors (Lipinski definition) is 1. The van der Waals surface area contributed by atoms with Gasteiger partial charge in [0.1, 0.15) is 0 Å². The lowest BCUT2D eigenvalue weighted by Crippen LogP contribution is -2.25. The van der Waals surface area contributed by atoms with Crippen LogP contribution in [0.25, 0.3) is 0 Å². The monoisotopic (exact) mass is 304 g/mol. The van der Waals surface area contributed by atoms with Crippen molar-refractivity contribution in [3.63, 3.8) is 0 Å². The van der Waals surface area contributed by atoms with E-state index in [1.807, 2.05) is 0 Å². The van der Waals surface area contributed by atoms with Gasteiger partial charge < -0.3 is 0 Å². The van der Waals surface area contributed by atoms with Crippen molar-refractivity contribution in [1.82, 2.24) is 0 Å². The standard InChI is InChI=1S/C11H16N2O4S2/c1-9-4-5-10(8-11(9)12-18(2,14)15)13-6-3-7-19(13,16)17/h4-5,8,12H,3,6-7H2,1-2H3.